The monoisotopic (exact) mass is 516 g/mol. The number of hydrogen-bond donors (Lipinski definition) is 2. The number of benzene rings is 1. The van der Waals surface area contributed by atoms with E-state index in [0.717, 1.165) is 24.6 Å². The van der Waals surface area contributed by atoms with E-state index >= 15 is 0 Å². The number of rotatable bonds is 5. The standard InChI is InChI=1S/C26H30F6N2O2/c1-16-20(25(27,28)29)12-18(13-21(16)26(30,31)32)17(2)36-15-24(19-6-4-3-5-7-19)11-10-23(14-33-24)9-8-22(35)34-23/h3-7,12-13,16-17,20,33H,8-11,14-15H2,1-2H3,(H,34,35)/t16?,17-,20?,23-,24-/m1/s1. The van der Waals surface area contributed by atoms with Crippen molar-refractivity contribution in [2.45, 2.75) is 69.1 Å². The minimum atomic E-state index is -4.88. The lowest BCUT2D eigenvalue weighted by atomic mass is 9.76. The van der Waals surface area contributed by atoms with Crippen LogP contribution in [0.1, 0.15) is 45.1 Å². The zero-order valence-corrected chi connectivity index (χ0v) is 20.1. The number of piperidine rings is 1. The van der Waals surface area contributed by atoms with Gasteiger partial charge >= 0.3 is 12.4 Å². The first-order valence-electron chi connectivity index (χ1n) is 12.1. The van der Waals surface area contributed by atoms with Crippen LogP contribution in [0.15, 0.2) is 53.6 Å². The first kappa shape index (κ1) is 26.7. The maximum Gasteiger partial charge on any atom is 0.412 e. The molecule has 4 rings (SSSR count). The van der Waals surface area contributed by atoms with Crippen LogP contribution in [-0.4, -0.2) is 43.1 Å². The fraction of sp³-hybridized carbons (Fsp3) is 0.577. The van der Waals surface area contributed by atoms with Gasteiger partial charge in [-0.1, -0.05) is 43.3 Å². The van der Waals surface area contributed by atoms with E-state index in [4.69, 9.17) is 4.74 Å². The van der Waals surface area contributed by atoms with Crippen molar-refractivity contribution >= 4 is 5.91 Å². The Balaban J connectivity index is 1.56. The number of halogens is 6. The number of nitrogens with one attached hydrogen (secondary N) is 2. The highest BCUT2D eigenvalue weighted by atomic mass is 19.4. The fourth-order valence-corrected chi connectivity index (χ4v) is 5.51. The van der Waals surface area contributed by atoms with Crippen LogP contribution in [-0.2, 0) is 15.1 Å². The van der Waals surface area contributed by atoms with Gasteiger partial charge in [0.1, 0.15) is 0 Å². The van der Waals surface area contributed by atoms with Gasteiger partial charge in [-0.2, -0.15) is 26.3 Å². The lowest BCUT2D eigenvalue weighted by Crippen LogP contribution is -2.62. The Morgan fingerprint density at radius 3 is 2.31 bits per heavy atom. The van der Waals surface area contributed by atoms with Crippen LogP contribution >= 0.6 is 0 Å². The first-order chi connectivity index (χ1) is 16.7. The molecule has 5 atom stereocenters. The molecule has 0 radical (unpaired) electrons. The summed E-state index contributed by atoms with van der Waals surface area (Å²) in [5.74, 6) is -3.99. The molecule has 1 spiro atoms. The van der Waals surface area contributed by atoms with Gasteiger partial charge in [-0.25, -0.2) is 0 Å². The molecule has 10 heteroatoms. The second-order valence-corrected chi connectivity index (χ2v) is 10.2. The number of amides is 1. The molecule has 1 aromatic carbocycles. The van der Waals surface area contributed by atoms with E-state index < -0.39 is 41.4 Å². The number of carbonyl (C=O) groups excluding carboxylic acids is 1. The van der Waals surface area contributed by atoms with Crippen molar-refractivity contribution in [3.05, 3.63) is 59.2 Å². The number of alkyl halides is 6. The van der Waals surface area contributed by atoms with Crippen molar-refractivity contribution in [2.75, 3.05) is 13.2 Å². The number of ether oxygens (including phenoxy) is 1. The van der Waals surface area contributed by atoms with Gasteiger partial charge in [-0.3, -0.25) is 4.79 Å². The maximum absolute atomic E-state index is 13.6. The SMILES string of the molecule is CC1C(C(F)(F)F)=CC([C@@H](C)OC[C@@]2(c3ccccc3)CC[C@]3(CCC(=O)N3)CN2)=CC1C(F)(F)F. The molecule has 1 amide bonds. The molecule has 3 aliphatic rings. The van der Waals surface area contributed by atoms with Crippen LogP contribution in [0.2, 0.25) is 0 Å². The second-order valence-electron chi connectivity index (χ2n) is 10.2. The molecule has 2 saturated heterocycles. The fourth-order valence-electron chi connectivity index (χ4n) is 5.51. The Kier molecular flexibility index (Phi) is 7.07. The third-order valence-electron chi connectivity index (χ3n) is 7.83. The van der Waals surface area contributed by atoms with Gasteiger partial charge in [0, 0.05) is 24.5 Å². The average molecular weight is 517 g/mol. The number of carbonyl (C=O) groups is 1. The summed E-state index contributed by atoms with van der Waals surface area (Å²) >= 11 is 0. The summed E-state index contributed by atoms with van der Waals surface area (Å²) in [5.41, 5.74) is -1.49. The van der Waals surface area contributed by atoms with E-state index in [2.05, 4.69) is 10.6 Å². The highest BCUT2D eigenvalue weighted by Crippen LogP contribution is 2.46. The normalized spacial score (nSPS) is 32.2. The van der Waals surface area contributed by atoms with E-state index in [1.807, 2.05) is 30.3 Å². The smallest absolute Gasteiger partial charge is 0.372 e. The predicted molar refractivity (Wildman–Crippen MR) is 122 cm³/mol. The van der Waals surface area contributed by atoms with Crippen molar-refractivity contribution in [3.63, 3.8) is 0 Å². The molecule has 1 aliphatic carbocycles. The Bertz CT molecular complexity index is 1020. The summed E-state index contributed by atoms with van der Waals surface area (Å²) in [7, 11) is 0. The van der Waals surface area contributed by atoms with E-state index in [1.54, 1.807) is 0 Å². The Hall–Kier alpha value is -2.33. The molecule has 36 heavy (non-hydrogen) atoms. The zero-order valence-electron chi connectivity index (χ0n) is 20.1. The van der Waals surface area contributed by atoms with E-state index in [0.29, 0.717) is 32.2 Å². The van der Waals surface area contributed by atoms with Gasteiger partial charge < -0.3 is 15.4 Å². The molecule has 2 unspecified atom stereocenters. The largest absolute Gasteiger partial charge is 0.412 e. The number of allylic oxidation sites excluding steroid dienone is 2. The quantitative estimate of drug-likeness (QED) is 0.504. The van der Waals surface area contributed by atoms with Crippen LogP contribution in [0.5, 0.6) is 0 Å². The molecule has 2 fully saturated rings. The summed E-state index contributed by atoms with van der Waals surface area (Å²) in [5, 5.41) is 6.54. The zero-order chi connectivity index (χ0) is 26.4. The maximum atomic E-state index is 13.6. The summed E-state index contributed by atoms with van der Waals surface area (Å²) in [6.45, 7) is 2.95. The highest BCUT2D eigenvalue weighted by Gasteiger charge is 2.51. The van der Waals surface area contributed by atoms with Crippen LogP contribution in [0.25, 0.3) is 0 Å². The van der Waals surface area contributed by atoms with Crippen molar-refractivity contribution in [1.82, 2.24) is 10.6 Å². The number of hydrogen-bond acceptors (Lipinski definition) is 3. The van der Waals surface area contributed by atoms with Gasteiger partial charge in [0.25, 0.3) is 0 Å². The molecule has 198 valence electrons. The van der Waals surface area contributed by atoms with E-state index in [1.165, 1.54) is 6.92 Å². The summed E-state index contributed by atoms with van der Waals surface area (Å²) in [4.78, 5) is 11.8. The van der Waals surface area contributed by atoms with Gasteiger partial charge in [0.2, 0.25) is 5.91 Å². The third-order valence-corrected chi connectivity index (χ3v) is 7.83. The molecule has 1 aromatic rings. The van der Waals surface area contributed by atoms with Crippen molar-refractivity contribution < 1.29 is 35.9 Å². The minimum Gasteiger partial charge on any atom is -0.372 e. The van der Waals surface area contributed by atoms with Gasteiger partial charge in [-0.05, 0) is 43.4 Å². The van der Waals surface area contributed by atoms with Gasteiger partial charge in [0.15, 0.2) is 0 Å². The highest BCUT2D eigenvalue weighted by molar-refractivity contribution is 5.79. The molecule has 4 nitrogen and oxygen atoms in total. The van der Waals surface area contributed by atoms with E-state index in [9.17, 15) is 31.1 Å². The molecule has 2 heterocycles. The molecule has 0 bridgehead atoms. The summed E-state index contributed by atoms with van der Waals surface area (Å²) < 4.78 is 87.5. The average Bonchev–Trinajstić information content (AvgIpc) is 3.18. The molecule has 0 aromatic heterocycles. The Morgan fingerprint density at radius 1 is 1.08 bits per heavy atom. The molecular formula is C26H30F6N2O2. The van der Waals surface area contributed by atoms with Gasteiger partial charge in [-0.15, -0.1) is 0 Å². The minimum absolute atomic E-state index is 0.00109. The van der Waals surface area contributed by atoms with Crippen molar-refractivity contribution in [2.24, 2.45) is 11.8 Å². The topological polar surface area (TPSA) is 50.4 Å². The summed E-state index contributed by atoms with van der Waals surface area (Å²) in [6, 6.07) is 9.41. The molecule has 2 N–H and O–H groups in total. The van der Waals surface area contributed by atoms with E-state index in [-0.39, 0.29) is 23.6 Å². The molecule has 2 aliphatic heterocycles. The van der Waals surface area contributed by atoms with Crippen LogP contribution in [0.3, 0.4) is 0 Å². The molecule has 0 saturated carbocycles. The van der Waals surface area contributed by atoms with Crippen LogP contribution < -0.4 is 10.6 Å². The van der Waals surface area contributed by atoms with Gasteiger partial charge in [0.05, 0.1) is 29.7 Å². The lowest BCUT2D eigenvalue weighted by molar-refractivity contribution is -0.177. The van der Waals surface area contributed by atoms with Crippen molar-refractivity contribution in [3.8, 4) is 0 Å². The lowest BCUT2D eigenvalue weighted by Gasteiger charge is -2.46. The van der Waals surface area contributed by atoms with Crippen molar-refractivity contribution in [1.29, 1.82) is 0 Å². The third kappa shape index (κ3) is 5.34. The Labute approximate surface area is 206 Å². The first-order valence-corrected chi connectivity index (χ1v) is 12.1. The predicted octanol–water partition coefficient (Wildman–Crippen LogP) is 5.56. The van der Waals surface area contributed by atoms with Crippen LogP contribution in [0, 0.1) is 11.8 Å². The molecular weight excluding hydrogens is 486 g/mol. The summed E-state index contributed by atoms with van der Waals surface area (Å²) in [6.07, 6.45) is -6.62. The second kappa shape index (κ2) is 9.52. The van der Waals surface area contributed by atoms with Crippen LogP contribution in [0.4, 0.5) is 26.3 Å². The Morgan fingerprint density at radius 2 is 1.78 bits per heavy atom.